The van der Waals surface area contributed by atoms with E-state index in [0.717, 1.165) is 0 Å². The average Bonchev–Trinajstić information content (AvgIpc) is 2.31. The molecule has 4 N–H and O–H groups in total. The van der Waals surface area contributed by atoms with Crippen LogP contribution in [0.2, 0.25) is 0 Å². The fourth-order valence-electron chi connectivity index (χ4n) is 1.50. The number of rotatable bonds is 5. The molecule has 100 valence electrons. The molecule has 1 rings (SSSR count). The van der Waals surface area contributed by atoms with Crippen molar-refractivity contribution in [1.82, 2.24) is 5.32 Å². The number of methoxy groups -OCH3 is 1. The molecule has 0 fully saturated rings. The van der Waals surface area contributed by atoms with Gasteiger partial charge in [0.15, 0.2) is 0 Å². The van der Waals surface area contributed by atoms with Gasteiger partial charge in [-0.05, 0) is 32.9 Å². The van der Waals surface area contributed by atoms with Gasteiger partial charge in [0.1, 0.15) is 11.8 Å². The lowest BCUT2D eigenvalue weighted by atomic mass is 10.2. The molecule has 5 heteroatoms. The van der Waals surface area contributed by atoms with Gasteiger partial charge in [0.05, 0.1) is 18.5 Å². The van der Waals surface area contributed by atoms with E-state index < -0.39 is 0 Å². The summed E-state index contributed by atoms with van der Waals surface area (Å²) in [5.74, 6) is 0.635. The van der Waals surface area contributed by atoms with Crippen LogP contribution in [-0.4, -0.2) is 25.1 Å². The van der Waals surface area contributed by atoms with E-state index in [-0.39, 0.29) is 18.0 Å². The number of anilines is 2. The van der Waals surface area contributed by atoms with Crippen molar-refractivity contribution >= 4 is 17.3 Å². The standard InChI is InChI=1S/C13H21N3O2/c1-8(2)15-13(17)9(3)16-12-7-10(18-4)5-6-11(12)14/h5-9,16H,14H2,1-4H3,(H,15,17). The molecule has 1 unspecified atom stereocenters. The van der Waals surface area contributed by atoms with E-state index in [2.05, 4.69) is 10.6 Å². The molecule has 0 aliphatic rings. The number of hydrogen-bond acceptors (Lipinski definition) is 4. The van der Waals surface area contributed by atoms with Gasteiger partial charge in [0.2, 0.25) is 5.91 Å². The highest BCUT2D eigenvalue weighted by Gasteiger charge is 2.14. The van der Waals surface area contributed by atoms with Gasteiger partial charge in [-0.15, -0.1) is 0 Å². The Bertz CT molecular complexity index is 419. The fourth-order valence-corrected chi connectivity index (χ4v) is 1.50. The Morgan fingerprint density at radius 3 is 2.56 bits per heavy atom. The summed E-state index contributed by atoms with van der Waals surface area (Å²) in [4.78, 5) is 11.8. The van der Waals surface area contributed by atoms with Crippen molar-refractivity contribution in [1.29, 1.82) is 0 Å². The number of ether oxygens (including phenoxy) is 1. The zero-order chi connectivity index (χ0) is 13.7. The van der Waals surface area contributed by atoms with Crippen LogP contribution < -0.4 is 21.1 Å². The second-order valence-corrected chi connectivity index (χ2v) is 4.48. The van der Waals surface area contributed by atoms with E-state index in [1.165, 1.54) is 0 Å². The fraction of sp³-hybridized carbons (Fsp3) is 0.462. The second-order valence-electron chi connectivity index (χ2n) is 4.48. The summed E-state index contributed by atoms with van der Waals surface area (Å²) >= 11 is 0. The minimum Gasteiger partial charge on any atom is -0.497 e. The minimum atomic E-state index is -0.359. The third-order valence-electron chi connectivity index (χ3n) is 2.46. The van der Waals surface area contributed by atoms with E-state index in [1.54, 1.807) is 32.2 Å². The number of nitrogens with one attached hydrogen (secondary N) is 2. The van der Waals surface area contributed by atoms with Crippen LogP contribution in [0.4, 0.5) is 11.4 Å². The molecule has 1 amide bonds. The van der Waals surface area contributed by atoms with Gasteiger partial charge in [-0.1, -0.05) is 0 Å². The summed E-state index contributed by atoms with van der Waals surface area (Å²) in [5.41, 5.74) is 7.12. The van der Waals surface area contributed by atoms with Gasteiger partial charge in [-0.3, -0.25) is 4.79 Å². The highest BCUT2D eigenvalue weighted by Crippen LogP contribution is 2.24. The van der Waals surface area contributed by atoms with Crippen LogP contribution in [0.15, 0.2) is 18.2 Å². The number of carbonyl (C=O) groups excluding carboxylic acids is 1. The lowest BCUT2D eigenvalue weighted by Gasteiger charge is -2.18. The Morgan fingerprint density at radius 1 is 1.33 bits per heavy atom. The van der Waals surface area contributed by atoms with Gasteiger partial charge in [0, 0.05) is 12.1 Å². The molecule has 0 aliphatic carbocycles. The molecule has 18 heavy (non-hydrogen) atoms. The molecule has 0 aromatic heterocycles. The third-order valence-corrected chi connectivity index (χ3v) is 2.46. The number of nitrogens with two attached hydrogens (primary N) is 1. The van der Waals surface area contributed by atoms with Crippen LogP contribution in [-0.2, 0) is 4.79 Å². The Morgan fingerprint density at radius 2 is 2.00 bits per heavy atom. The summed E-state index contributed by atoms with van der Waals surface area (Å²) in [6.07, 6.45) is 0. The summed E-state index contributed by atoms with van der Waals surface area (Å²) in [7, 11) is 1.59. The molecule has 1 atom stereocenters. The van der Waals surface area contributed by atoms with E-state index in [9.17, 15) is 4.79 Å². The van der Waals surface area contributed by atoms with Crippen molar-refractivity contribution in [2.24, 2.45) is 0 Å². The quantitative estimate of drug-likeness (QED) is 0.695. The predicted molar refractivity (Wildman–Crippen MR) is 73.8 cm³/mol. The minimum absolute atomic E-state index is 0.0628. The Balaban J connectivity index is 2.74. The van der Waals surface area contributed by atoms with E-state index >= 15 is 0 Å². The molecule has 0 heterocycles. The predicted octanol–water partition coefficient (Wildman–Crippen LogP) is 1.60. The maximum absolute atomic E-state index is 11.8. The Kier molecular flexibility index (Phi) is 4.83. The van der Waals surface area contributed by atoms with Gasteiger partial charge in [-0.2, -0.15) is 0 Å². The summed E-state index contributed by atoms with van der Waals surface area (Å²) in [5, 5.41) is 5.91. The normalized spacial score (nSPS) is 12.1. The molecule has 5 nitrogen and oxygen atoms in total. The number of benzene rings is 1. The van der Waals surface area contributed by atoms with Crippen molar-refractivity contribution in [3.05, 3.63) is 18.2 Å². The van der Waals surface area contributed by atoms with Gasteiger partial charge in [-0.25, -0.2) is 0 Å². The van der Waals surface area contributed by atoms with Gasteiger partial charge < -0.3 is 21.1 Å². The number of amides is 1. The van der Waals surface area contributed by atoms with Gasteiger partial charge in [0.25, 0.3) is 0 Å². The van der Waals surface area contributed by atoms with Crippen molar-refractivity contribution in [2.75, 3.05) is 18.2 Å². The van der Waals surface area contributed by atoms with Crippen LogP contribution in [0, 0.1) is 0 Å². The highest BCUT2D eigenvalue weighted by molar-refractivity contribution is 5.85. The van der Waals surface area contributed by atoms with Crippen molar-refractivity contribution in [3.8, 4) is 5.75 Å². The smallest absolute Gasteiger partial charge is 0.242 e. The van der Waals surface area contributed by atoms with Crippen LogP contribution in [0.3, 0.4) is 0 Å². The largest absolute Gasteiger partial charge is 0.497 e. The van der Waals surface area contributed by atoms with E-state index in [0.29, 0.717) is 17.1 Å². The molecular formula is C13H21N3O2. The molecular weight excluding hydrogens is 230 g/mol. The molecule has 0 spiro atoms. The topological polar surface area (TPSA) is 76.4 Å². The summed E-state index contributed by atoms with van der Waals surface area (Å²) in [6.45, 7) is 5.63. The maximum atomic E-state index is 11.8. The number of hydrogen-bond donors (Lipinski definition) is 3. The summed E-state index contributed by atoms with van der Waals surface area (Å²) in [6, 6.07) is 5.05. The third kappa shape index (κ3) is 3.84. The molecule has 0 aliphatic heterocycles. The zero-order valence-corrected chi connectivity index (χ0v) is 11.3. The van der Waals surface area contributed by atoms with Crippen LogP contribution in [0.1, 0.15) is 20.8 Å². The molecule has 0 saturated heterocycles. The molecule has 1 aromatic rings. The van der Waals surface area contributed by atoms with Crippen LogP contribution in [0.25, 0.3) is 0 Å². The lowest BCUT2D eigenvalue weighted by Crippen LogP contribution is -2.41. The van der Waals surface area contributed by atoms with Crippen molar-refractivity contribution in [3.63, 3.8) is 0 Å². The summed E-state index contributed by atoms with van der Waals surface area (Å²) < 4.78 is 5.12. The number of nitrogen functional groups attached to an aromatic ring is 1. The SMILES string of the molecule is COc1ccc(N)c(NC(C)C(=O)NC(C)C)c1. The molecule has 0 bridgehead atoms. The Labute approximate surface area is 108 Å². The van der Waals surface area contributed by atoms with Crippen molar-refractivity contribution < 1.29 is 9.53 Å². The first-order valence-corrected chi connectivity index (χ1v) is 5.94. The maximum Gasteiger partial charge on any atom is 0.242 e. The first-order chi connectivity index (χ1) is 8.43. The molecule has 1 aromatic carbocycles. The number of carbonyl (C=O) groups is 1. The molecule has 0 saturated carbocycles. The lowest BCUT2D eigenvalue weighted by molar-refractivity contribution is -0.122. The first-order valence-electron chi connectivity index (χ1n) is 5.94. The molecule has 0 radical (unpaired) electrons. The second kappa shape index (κ2) is 6.14. The first kappa shape index (κ1) is 14.2. The zero-order valence-electron chi connectivity index (χ0n) is 11.3. The van der Waals surface area contributed by atoms with Crippen LogP contribution >= 0.6 is 0 Å². The van der Waals surface area contributed by atoms with Gasteiger partial charge >= 0.3 is 0 Å². The average molecular weight is 251 g/mol. The van der Waals surface area contributed by atoms with E-state index in [1.807, 2.05) is 13.8 Å². The highest BCUT2D eigenvalue weighted by atomic mass is 16.5. The van der Waals surface area contributed by atoms with Crippen molar-refractivity contribution in [2.45, 2.75) is 32.9 Å². The van der Waals surface area contributed by atoms with Crippen LogP contribution in [0.5, 0.6) is 5.75 Å². The monoisotopic (exact) mass is 251 g/mol. The van der Waals surface area contributed by atoms with E-state index in [4.69, 9.17) is 10.5 Å². The Hall–Kier alpha value is -1.91.